The van der Waals surface area contributed by atoms with Gasteiger partial charge in [-0.25, -0.2) is 9.97 Å². The maximum absolute atomic E-state index is 12.7. The van der Waals surface area contributed by atoms with E-state index < -0.39 is 0 Å². The number of hydrogen-bond donors (Lipinski definition) is 0. The van der Waals surface area contributed by atoms with Gasteiger partial charge in [-0.2, -0.15) is 4.98 Å². The smallest absolute Gasteiger partial charge is 0.280 e. The molecule has 0 saturated heterocycles. The van der Waals surface area contributed by atoms with Crippen molar-refractivity contribution in [2.75, 3.05) is 0 Å². The van der Waals surface area contributed by atoms with Crippen molar-refractivity contribution in [3.05, 3.63) is 69.6 Å². The summed E-state index contributed by atoms with van der Waals surface area (Å²) in [5, 5.41) is 4.21. The molecule has 2 aliphatic rings. The summed E-state index contributed by atoms with van der Waals surface area (Å²) in [6.07, 6.45) is 4.14. The van der Waals surface area contributed by atoms with Gasteiger partial charge in [-0.3, -0.25) is 9.36 Å². The number of aryl methyl sites for hydroxylation is 2. The van der Waals surface area contributed by atoms with Crippen LogP contribution < -0.4 is 5.56 Å². The Morgan fingerprint density at radius 2 is 2.07 bits per heavy atom. The Hall–Kier alpha value is -3.29. The van der Waals surface area contributed by atoms with Gasteiger partial charge in [-0.05, 0) is 36.3 Å². The second-order valence-electron chi connectivity index (χ2n) is 7.87. The minimum atomic E-state index is -0.169. The van der Waals surface area contributed by atoms with Gasteiger partial charge in [0.1, 0.15) is 12.9 Å². The first kappa shape index (κ1) is 15.7. The van der Waals surface area contributed by atoms with E-state index in [1.807, 2.05) is 0 Å². The van der Waals surface area contributed by atoms with Crippen LogP contribution in [0.5, 0.6) is 0 Å². The van der Waals surface area contributed by atoms with Gasteiger partial charge in [-0.1, -0.05) is 28.9 Å². The highest BCUT2D eigenvalue weighted by Gasteiger charge is 2.58. The quantitative estimate of drug-likeness (QED) is 0.544. The molecule has 0 bridgehead atoms. The van der Waals surface area contributed by atoms with Crippen LogP contribution >= 0.6 is 0 Å². The molecular formula is C20H18N6O2. The lowest BCUT2D eigenvalue weighted by Gasteiger charge is -2.06. The molecule has 3 atom stereocenters. The summed E-state index contributed by atoms with van der Waals surface area (Å²) < 4.78 is 8.60. The Balaban J connectivity index is 1.27. The van der Waals surface area contributed by atoms with Crippen molar-refractivity contribution < 1.29 is 4.52 Å². The third kappa shape index (κ3) is 2.14. The predicted octanol–water partition coefficient (Wildman–Crippen LogP) is 1.92. The summed E-state index contributed by atoms with van der Waals surface area (Å²) in [6, 6.07) is 6.70. The summed E-state index contributed by atoms with van der Waals surface area (Å²) in [6.45, 7) is 2.34. The number of benzene rings is 1. The second kappa shape index (κ2) is 5.37. The molecule has 3 aromatic heterocycles. The topological polar surface area (TPSA) is 91.6 Å². The molecule has 1 fully saturated rings. The van der Waals surface area contributed by atoms with Crippen molar-refractivity contribution in [1.82, 2.24) is 29.2 Å². The van der Waals surface area contributed by atoms with Crippen LogP contribution in [0.4, 0.5) is 0 Å². The van der Waals surface area contributed by atoms with Gasteiger partial charge in [0.05, 0.1) is 6.33 Å². The highest BCUT2D eigenvalue weighted by Crippen LogP contribution is 2.65. The van der Waals surface area contributed by atoms with Crippen LogP contribution in [-0.2, 0) is 20.0 Å². The molecule has 4 aromatic rings. The van der Waals surface area contributed by atoms with Crippen LogP contribution in [0.2, 0.25) is 0 Å². The van der Waals surface area contributed by atoms with Crippen molar-refractivity contribution in [1.29, 1.82) is 0 Å². The van der Waals surface area contributed by atoms with E-state index in [4.69, 9.17) is 4.52 Å². The number of aromatic nitrogens is 6. The minimum Gasteiger partial charge on any atom is -0.337 e. The van der Waals surface area contributed by atoms with E-state index in [0.29, 0.717) is 34.8 Å². The SMILES string of the molecule is Cc1ccc2c(c1)C[C@@H]1[C@@H](c3noc(Cn4cnc5ncn(C)c5c4=O)n3)[C@H]21. The van der Waals surface area contributed by atoms with Crippen LogP contribution in [0.25, 0.3) is 11.2 Å². The first-order chi connectivity index (χ1) is 13.6. The van der Waals surface area contributed by atoms with Crippen molar-refractivity contribution in [3.8, 4) is 0 Å². The van der Waals surface area contributed by atoms with Gasteiger partial charge in [0.15, 0.2) is 17.0 Å². The molecule has 1 aromatic carbocycles. The minimum absolute atomic E-state index is 0.169. The third-order valence-electron chi connectivity index (χ3n) is 6.07. The van der Waals surface area contributed by atoms with Crippen molar-refractivity contribution in [2.24, 2.45) is 13.0 Å². The summed E-state index contributed by atoms with van der Waals surface area (Å²) in [7, 11) is 1.78. The van der Waals surface area contributed by atoms with E-state index in [2.05, 4.69) is 45.2 Å². The Morgan fingerprint density at radius 3 is 2.96 bits per heavy atom. The van der Waals surface area contributed by atoms with Crippen LogP contribution in [0.1, 0.15) is 40.2 Å². The summed E-state index contributed by atoms with van der Waals surface area (Å²) in [5.74, 6) is 2.56. The zero-order valence-electron chi connectivity index (χ0n) is 15.5. The number of rotatable bonds is 3. The molecule has 0 unspecified atom stereocenters. The molecule has 0 N–H and O–H groups in total. The lowest BCUT2D eigenvalue weighted by Crippen LogP contribution is -2.22. The summed E-state index contributed by atoms with van der Waals surface area (Å²) >= 11 is 0. The highest BCUT2D eigenvalue weighted by molar-refractivity contribution is 5.68. The summed E-state index contributed by atoms with van der Waals surface area (Å²) in [5.41, 5.74) is 4.92. The average Bonchev–Trinajstić information content (AvgIpc) is 3.04. The van der Waals surface area contributed by atoms with E-state index in [0.717, 1.165) is 12.2 Å². The Kier molecular flexibility index (Phi) is 3.02. The molecule has 8 nitrogen and oxygen atoms in total. The Morgan fingerprint density at radius 1 is 1.21 bits per heavy atom. The first-order valence-corrected chi connectivity index (χ1v) is 9.38. The van der Waals surface area contributed by atoms with Crippen molar-refractivity contribution >= 4 is 11.2 Å². The highest BCUT2D eigenvalue weighted by atomic mass is 16.5. The lowest BCUT2D eigenvalue weighted by molar-refractivity contribution is 0.364. The molecule has 3 heterocycles. The molecule has 140 valence electrons. The van der Waals surface area contributed by atoms with E-state index in [1.165, 1.54) is 27.6 Å². The number of nitrogens with zero attached hydrogens (tertiary/aromatic N) is 6. The van der Waals surface area contributed by atoms with Crippen molar-refractivity contribution in [3.63, 3.8) is 0 Å². The van der Waals surface area contributed by atoms with Gasteiger partial charge in [-0.15, -0.1) is 0 Å². The number of hydrogen-bond acceptors (Lipinski definition) is 6. The van der Waals surface area contributed by atoms with Gasteiger partial charge in [0.2, 0.25) is 5.89 Å². The molecule has 6 rings (SSSR count). The lowest BCUT2D eigenvalue weighted by atomic mass is 10.00. The molecule has 0 amide bonds. The van der Waals surface area contributed by atoms with E-state index in [9.17, 15) is 4.79 Å². The number of fused-ring (bicyclic) bond motifs is 4. The molecule has 8 heteroatoms. The molecular weight excluding hydrogens is 356 g/mol. The van der Waals surface area contributed by atoms with Gasteiger partial charge >= 0.3 is 0 Å². The van der Waals surface area contributed by atoms with Gasteiger partial charge < -0.3 is 9.09 Å². The van der Waals surface area contributed by atoms with Crippen LogP contribution in [0.3, 0.4) is 0 Å². The molecule has 2 aliphatic carbocycles. The van der Waals surface area contributed by atoms with Crippen LogP contribution in [0.15, 0.2) is 40.2 Å². The zero-order chi connectivity index (χ0) is 19.0. The number of imidazole rings is 1. The Labute approximate surface area is 159 Å². The molecule has 1 saturated carbocycles. The molecule has 0 spiro atoms. The van der Waals surface area contributed by atoms with Gasteiger partial charge in [0, 0.05) is 13.0 Å². The normalized spacial score (nSPS) is 22.4. The predicted molar refractivity (Wildman–Crippen MR) is 100 cm³/mol. The van der Waals surface area contributed by atoms with E-state index in [1.54, 1.807) is 17.9 Å². The van der Waals surface area contributed by atoms with E-state index in [-0.39, 0.29) is 12.1 Å². The summed E-state index contributed by atoms with van der Waals surface area (Å²) in [4.78, 5) is 25.6. The Bertz CT molecular complexity index is 1300. The second-order valence-corrected chi connectivity index (χ2v) is 7.87. The van der Waals surface area contributed by atoms with Crippen LogP contribution in [0, 0.1) is 12.8 Å². The average molecular weight is 374 g/mol. The maximum atomic E-state index is 12.7. The molecule has 0 aliphatic heterocycles. The standard InChI is InChI=1S/C20H18N6O2/c1-10-3-4-12-11(5-10)6-13-15(12)16(13)18-23-14(28-24-18)7-26-9-22-19-17(20(26)27)25(2)8-21-19/h3-5,8-9,13,15-16H,6-7H2,1-2H3/t13-,15+,16+/m0/s1. The molecule has 28 heavy (non-hydrogen) atoms. The molecule has 0 radical (unpaired) electrons. The monoisotopic (exact) mass is 374 g/mol. The fraction of sp³-hybridized carbons (Fsp3) is 0.350. The van der Waals surface area contributed by atoms with Gasteiger partial charge in [0.25, 0.3) is 5.56 Å². The third-order valence-corrected chi connectivity index (χ3v) is 6.07. The van der Waals surface area contributed by atoms with E-state index >= 15 is 0 Å². The largest absolute Gasteiger partial charge is 0.337 e. The zero-order valence-corrected chi connectivity index (χ0v) is 15.5. The van der Waals surface area contributed by atoms with Crippen molar-refractivity contribution in [2.45, 2.75) is 31.7 Å². The fourth-order valence-corrected chi connectivity index (χ4v) is 4.69. The maximum Gasteiger partial charge on any atom is 0.280 e. The fourth-order valence-electron chi connectivity index (χ4n) is 4.69. The van der Waals surface area contributed by atoms with Crippen LogP contribution in [-0.4, -0.2) is 29.2 Å². The first-order valence-electron chi connectivity index (χ1n) is 9.38.